The Morgan fingerprint density at radius 3 is 2.46 bits per heavy atom. The monoisotopic (exact) mass is 344 g/mol. The van der Waals surface area contributed by atoms with E-state index in [1.54, 1.807) is 0 Å². The van der Waals surface area contributed by atoms with Crippen LogP contribution >= 0.6 is 0 Å². The third kappa shape index (κ3) is 4.37. The van der Waals surface area contributed by atoms with E-state index in [2.05, 4.69) is 33.6 Å². The van der Waals surface area contributed by atoms with Crippen molar-refractivity contribution in [2.75, 3.05) is 0 Å². The first-order valence-corrected chi connectivity index (χ1v) is 9.62. The van der Waals surface area contributed by atoms with E-state index in [-0.39, 0.29) is 5.41 Å². The van der Waals surface area contributed by atoms with Crippen LogP contribution in [-0.4, -0.2) is 10.3 Å². The maximum absolute atomic E-state index is 12.5. The van der Waals surface area contributed by atoms with Crippen molar-refractivity contribution in [3.63, 3.8) is 0 Å². The van der Waals surface area contributed by atoms with Crippen molar-refractivity contribution in [2.45, 2.75) is 64.9 Å². The summed E-state index contributed by atoms with van der Waals surface area (Å²) in [6.45, 7) is 10.7. The summed E-state index contributed by atoms with van der Waals surface area (Å²) < 4.78 is 18.3. The molecule has 1 aromatic carbocycles. The fraction of sp³-hybridized carbons (Fsp3) is 0.524. The van der Waals surface area contributed by atoms with E-state index in [1.807, 2.05) is 31.2 Å². The van der Waals surface area contributed by atoms with Crippen LogP contribution in [0.1, 0.15) is 52.5 Å². The number of allylic oxidation sites excluding steroid dienone is 2. The van der Waals surface area contributed by atoms with Crippen LogP contribution < -0.4 is 0 Å². The highest BCUT2D eigenvalue weighted by atomic mass is 32.2. The fourth-order valence-electron chi connectivity index (χ4n) is 3.27. The Labute approximate surface area is 149 Å². The van der Waals surface area contributed by atoms with Crippen molar-refractivity contribution in [1.29, 1.82) is 0 Å². The molecule has 3 atom stereocenters. The zero-order valence-corrected chi connectivity index (χ0v) is 16.2. The molecule has 2 rings (SSSR count). The Hall–Kier alpha value is -1.37. The van der Waals surface area contributed by atoms with Gasteiger partial charge in [-0.2, -0.15) is 0 Å². The molecule has 1 aliphatic carbocycles. The van der Waals surface area contributed by atoms with Crippen molar-refractivity contribution in [3.8, 4) is 12.3 Å². The number of aryl methyl sites for hydroxylation is 1. The van der Waals surface area contributed by atoms with Crippen LogP contribution in [0.3, 0.4) is 0 Å². The second-order valence-corrected chi connectivity index (χ2v) is 8.73. The summed E-state index contributed by atoms with van der Waals surface area (Å²) in [6.07, 6.45) is 8.51. The average Bonchev–Trinajstić information content (AvgIpc) is 2.84. The second kappa shape index (κ2) is 7.68. The minimum atomic E-state index is -1.55. The van der Waals surface area contributed by atoms with E-state index in [1.165, 1.54) is 24.0 Å². The molecule has 24 heavy (non-hydrogen) atoms. The molecule has 0 fully saturated rings. The molecule has 0 aliphatic heterocycles. The van der Waals surface area contributed by atoms with Gasteiger partial charge in [0.2, 0.25) is 0 Å². The summed E-state index contributed by atoms with van der Waals surface area (Å²) in [5.41, 5.74) is 3.84. The quantitative estimate of drug-likeness (QED) is 0.524. The molecule has 0 bridgehead atoms. The van der Waals surface area contributed by atoms with Gasteiger partial charge in [0.05, 0.1) is 4.90 Å². The minimum Gasteiger partial charge on any atom is -0.270 e. The molecule has 0 spiro atoms. The third-order valence-electron chi connectivity index (χ3n) is 5.00. The molecule has 3 heteroatoms. The lowest BCUT2D eigenvalue weighted by Crippen LogP contribution is -2.32. The van der Waals surface area contributed by atoms with Crippen LogP contribution in [0.4, 0.5) is 0 Å². The lowest BCUT2D eigenvalue weighted by Gasteiger charge is -2.32. The molecule has 130 valence electrons. The molecule has 2 nitrogen and oxygen atoms in total. The highest BCUT2D eigenvalue weighted by Gasteiger charge is 2.34. The van der Waals surface area contributed by atoms with Crippen molar-refractivity contribution < 1.29 is 8.39 Å². The third-order valence-corrected chi connectivity index (χ3v) is 6.02. The second-order valence-electron chi connectivity index (χ2n) is 7.60. The lowest BCUT2D eigenvalue weighted by molar-refractivity contribution is 0.134. The Morgan fingerprint density at radius 1 is 1.33 bits per heavy atom. The largest absolute Gasteiger partial charge is 0.270 e. The first kappa shape index (κ1) is 19.0. The van der Waals surface area contributed by atoms with Gasteiger partial charge in [-0.3, -0.25) is 4.18 Å². The molecular formula is C21H28O2S. The molecular weight excluding hydrogens is 316 g/mol. The van der Waals surface area contributed by atoms with Gasteiger partial charge in [0.15, 0.2) is 11.1 Å². The number of hydrogen-bond donors (Lipinski definition) is 0. The smallest absolute Gasteiger partial charge is 0.190 e. The average molecular weight is 345 g/mol. The van der Waals surface area contributed by atoms with Crippen molar-refractivity contribution in [3.05, 3.63) is 41.0 Å². The van der Waals surface area contributed by atoms with Gasteiger partial charge in [-0.05, 0) is 51.2 Å². The minimum absolute atomic E-state index is 0.260. The van der Waals surface area contributed by atoms with Gasteiger partial charge in [-0.1, -0.05) is 55.5 Å². The predicted molar refractivity (Wildman–Crippen MR) is 101 cm³/mol. The Balaban J connectivity index is 2.12. The highest BCUT2D eigenvalue weighted by Crippen LogP contribution is 2.41. The first-order valence-electron chi connectivity index (χ1n) is 8.55. The molecule has 2 unspecified atom stereocenters. The van der Waals surface area contributed by atoms with Gasteiger partial charge in [-0.25, -0.2) is 4.21 Å². The van der Waals surface area contributed by atoms with Crippen LogP contribution in [0.25, 0.3) is 0 Å². The molecule has 0 aromatic heterocycles. The fourth-order valence-corrected chi connectivity index (χ4v) is 4.23. The molecule has 0 saturated carbocycles. The summed E-state index contributed by atoms with van der Waals surface area (Å²) in [4.78, 5) is 0.654. The highest BCUT2D eigenvalue weighted by molar-refractivity contribution is 7.80. The number of rotatable bonds is 6. The van der Waals surface area contributed by atoms with E-state index < -0.39 is 17.2 Å². The van der Waals surface area contributed by atoms with Crippen LogP contribution in [0, 0.1) is 30.6 Å². The molecule has 0 heterocycles. The van der Waals surface area contributed by atoms with E-state index in [9.17, 15) is 4.21 Å². The Bertz CT molecular complexity index is 677. The number of hydrogen-bond acceptors (Lipinski definition) is 2. The number of benzene rings is 1. The summed E-state index contributed by atoms with van der Waals surface area (Å²) in [6, 6.07) is 7.53. The van der Waals surface area contributed by atoms with Gasteiger partial charge in [-0.15, -0.1) is 6.42 Å². The van der Waals surface area contributed by atoms with Crippen LogP contribution in [0.5, 0.6) is 0 Å². The predicted octanol–water partition coefficient (Wildman–Crippen LogP) is 5.20. The van der Waals surface area contributed by atoms with Crippen LogP contribution in [0.2, 0.25) is 0 Å². The summed E-state index contributed by atoms with van der Waals surface area (Å²) >= 11 is -1.55. The Kier molecular flexibility index (Phi) is 6.06. The maximum Gasteiger partial charge on any atom is 0.190 e. The van der Waals surface area contributed by atoms with Gasteiger partial charge in [0.25, 0.3) is 0 Å². The summed E-state index contributed by atoms with van der Waals surface area (Å²) in [5, 5.41) is 0. The van der Waals surface area contributed by atoms with E-state index >= 15 is 0 Å². The van der Waals surface area contributed by atoms with E-state index in [4.69, 9.17) is 10.6 Å². The van der Waals surface area contributed by atoms with Crippen LogP contribution in [0.15, 0.2) is 40.3 Å². The topological polar surface area (TPSA) is 26.3 Å². The van der Waals surface area contributed by atoms with Gasteiger partial charge < -0.3 is 0 Å². The van der Waals surface area contributed by atoms with Crippen molar-refractivity contribution in [2.24, 2.45) is 11.3 Å². The Morgan fingerprint density at radius 2 is 1.96 bits per heavy atom. The van der Waals surface area contributed by atoms with Gasteiger partial charge in [0.1, 0.15) is 6.10 Å². The number of terminal acetylenes is 1. The van der Waals surface area contributed by atoms with E-state index in [0.717, 1.165) is 12.0 Å². The molecule has 0 saturated heterocycles. The summed E-state index contributed by atoms with van der Waals surface area (Å²) in [7, 11) is 0. The molecule has 0 radical (unpaired) electrons. The molecule has 0 amide bonds. The summed E-state index contributed by atoms with van der Waals surface area (Å²) in [5.74, 6) is 3.32. The molecule has 1 aliphatic rings. The first-order chi connectivity index (χ1) is 11.2. The standard InChI is InChI=1S/C21H28O2S/c1-7-20(23-24(22)18-12-8-15(2)9-13-18)21(5,6)14-19-16(3)10-11-17(19)4/h1,8-9,12-13,16,20H,10-11,14H2,2-6H3/t16-,20?,24?/m1/s1. The molecule has 1 aromatic rings. The zero-order chi connectivity index (χ0) is 17.9. The van der Waals surface area contributed by atoms with Crippen LogP contribution in [-0.2, 0) is 15.3 Å². The maximum atomic E-state index is 12.5. The van der Waals surface area contributed by atoms with Crippen molar-refractivity contribution >= 4 is 11.1 Å². The zero-order valence-electron chi connectivity index (χ0n) is 15.4. The van der Waals surface area contributed by atoms with E-state index in [0.29, 0.717) is 10.8 Å². The SMILES string of the molecule is C#CC(OS(=O)c1ccc(C)cc1)C(C)(C)CC1=C(C)CC[C@H]1C. The van der Waals surface area contributed by atoms with Gasteiger partial charge in [0, 0.05) is 5.41 Å². The lowest BCUT2D eigenvalue weighted by atomic mass is 9.78. The normalized spacial score (nSPS) is 20.8. The van der Waals surface area contributed by atoms with Crippen molar-refractivity contribution in [1.82, 2.24) is 0 Å². The van der Waals surface area contributed by atoms with Gasteiger partial charge >= 0.3 is 0 Å². The molecule has 0 N–H and O–H groups in total.